The predicted octanol–water partition coefficient (Wildman–Crippen LogP) is 5.54. The topological polar surface area (TPSA) is 40.5 Å². The van der Waals surface area contributed by atoms with E-state index < -0.39 is 17.8 Å². The SMILES string of the molecule is O=C1C(O)=C(c2ccccc2)C(c2ccccc2F)N1c1ccc(Cl)cc1. The molecule has 3 nitrogen and oxygen atoms in total. The highest BCUT2D eigenvalue weighted by molar-refractivity contribution is 6.30. The van der Waals surface area contributed by atoms with Gasteiger partial charge in [0.05, 0.1) is 6.04 Å². The van der Waals surface area contributed by atoms with Crippen LogP contribution in [0, 0.1) is 5.82 Å². The Balaban J connectivity index is 1.94. The lowest BCUT2D eigenvalue weighted by molar-refractivity contribution is -0.117. The first kappa shape index (κ1) is 17.3. The van der Waals surface area contributed by atoms with Gasteiger partial charge in [-0.05, 0) is 35.9 Å². The first-order chi connectivity index (χ1) is 13.1. The van der Waals surface area contributed by atoms with Crippen molar-refractivity contribution >= 4 is 28.8 Å². The number of aliphatic hydroxyl groups is 1. The van der Waals surface area contributed by atoms with Crippen molar-refractivity contribution in [3.05, 3.63) is 107 Å². The second-order valence-corrected chi connectivity index (χ2v) is 6.64. The number of anilines is 1. The highest BCUT2D eigenvalue weighted by Gasteiger charge is 2.42. The average Bonchev–Trinajstić information content (AvgIpc) is 2.95. The fourth-order valence-electron chi connectivity index (χ4n) is 3.38. The number of amides is 1. The van der Waals surface area contributed by atoms with Crippen molar-refractivity contribution in [2.45, 2.75) is 6.04 Å². The Kier molecular flexibility index (Phi) is 4.42. The van der Waals surface area contributed by atoms with Gasteiger partial charge < -0.3 is 5.11 Å². The molecular weight excluding hydrogens is 365 g/mol. The fraction of sp³-hybridized carbons (Fsp3) is 0.0455. The van der Waals surface area contributed by atoms with Gasteiger partial charge in [-0.15, -0.1) is 0 Å². The lowest BCUT2D eigenvalue weighted by Gasteiger charge is -2.27. The summed E-state index contributed by atoms with van der Waals surface area (Å²) in [6.45, 7) is 0. The minimum Gasteiger partial charge on any atom is -0.503 e. The van der Waals surface area contributed by atoms with Crippen molar-refractivity contribution in [2.75, 3.05) is 4.90 Å². The molecule has 3 aromatic carbocycles. The molecule has 4 rings (SSSR count). The fourth-order valence-corrected chi connectivity index (χ4v) is 3.50. The minimum atomic E-state index is -0.790. The molecule has 0 aromatic heterocycles. The molecule has 0 saturated carbocycles. The van der Waals surface area contributed by atoms with Gasteiger partial charge in [0.2, 0.25) is 0 Å². The van der Waals surface area contributed by atoms with Gasteiger partial charge in [-0.25, -0.2) is 4.39 Å². The summed E-state index contributed by atoms with van der Waals surface area (Å²) in [5.74, 6) is -1.41. The molecule has 0 radical (unpaired) electrons. The quantitative estimate of drug-likeness (QED) is 0.649. The van der Waals surface area contributed by atoms with E-state index in [1.165, 1.54) is 11.0 Å². The summed E-state index contributed by atoms with van der Waals surface area (Å²) in [5.41, 5.74) is 1.87. The highest BCUT2D eigenvalue weighted by atomic mass is 35.5. The summed E-state index contributed by atoms with van der Waals surface area (Å²) in [6, 6.07) is 21.2. The lowest BCUT2D eigenvalue weighted by atomic mass is 9.93. The second-order valence-electron chi connectivity index (χ2n) is 6.20. The normalized spacial score (nSPS) is 16.9. The van der Waals surface area contributed by atoms with Gasteiger partial charge in [-0.3, -0.25) is 9.69 Å². The van der Waals surface area contributed by atoms with Gasteiger partial charge in [0.1, 0.15) is 5.82 Å². The Morgan fingerprint density at radius 1 is 0.889 bits per heavy atom. The van der Waals surface area contributed by atoms with Crippen LogP contribution < -0.4 is 4.90 Å². The molecular formula is C22H15ClFNO2. The van der Waals surface area contributed by atoms with Crippen molar-refractivity contribution < 1.29 is 14.3 Å². The van der Waals surface area contributed by atoms with Gasteiger partial charge in [0, 0.05) is 21.8 Å². The van der Waals surface area contributed by atoms with Gasteiger partial charge >= 0.3 is 0 Å². The van der Waals surface area contributed by atoms with Crippen LogP contribution in [0.4, 0.5) is 10.1 Å². The van der Waals surface area contributed by atoms with E-state index >= 15 is 0 Å². The van der Waals surface area contributed by atoms with Crippen LogP contribution in [0.1, 0.15) is 17.2 Å². The molecule has 0 fully saturated rings. The van der Waals surface area contributed by atoms with E-state index in [0.717, 1.165) is 0 Å². The Labute approximate surface area is 160 Å². The third-order valence-electron chi connectivity index (χ3n) is 4.60. The van der Waals surface area contributed by atoms with Crippen LogP contribution in [-0.2, 0) is 4.79 Å². The number of carbonyl (C=O) groups excluding carboxylic acids is 1. The number of rotatable bonds is 3. The lowest BCUT2D eigenvalue weighted by Crippen LogP contribution is -2.30. The molecule has 1 heterocycles. The molecule has 0 bridgehead atoms. The van der Waals surface area contributed by atoms with Crippen molar-refractivity contribution in [3.63, 3.8) is 0 Å². The van der Waals surface area contributed by atoms with Crippen molar-refractivity contribution in [1.29, 1.82) is 0 Å². The largest absolute Gasteiger partial charge is 0.503 e. The second kappa shape index (κ2) is 6.89. The van der Waals surface area contributed by atoms with E-state index in [1.807, 2.05) is 18.2 Å². The molecule has 1 aliphatic heterocycles. The van der Waals surface area contributed by atoms with Crippen LogP contribution in [0.5, 0.6) is 0 Å². The number of nitrogens with zero attached hydrogens (tertiary/aromatic N) is 1. The van der Waals surface area contributed by atoms with Crippen LogP contribution in [-0.4, -0.2) is 11.0 Å². The van der Waals surface area contributed by atoms with Crippen LogP contribution in [0.3, 0.4) is 0 Å². The van der Waals surface area contributed by atoms with Crippen molar-refractivity contribution in [3.8, 4) is 0 Å². The molecule has 5 heteroatoms. The predicted molar refractivity (Wildman–Crippen MR) is 104 cm³/mol. The maximum absolute atomic E-state index is 14.7. The highest BCUT2D eigenvalue weighted by Crippen LogP contribution is 2.45. The standard InChI is InChI=1S/C22H15ClFNO2/c23-15-10-12-16(13-11-15)25-20(17-8-4-5-9-18(17)24)19(21(26)22(25)27)14-6-2-1-3-7-14/h1-13,20,26H. The monoisotopic (exact) mass is 379 g/mol. The van der Waals surface area contributed by atoms with Crippen LogP contribution >= 0.6 is 11.6 Å². The van der Waals surface area contributed by atoms with Gasteiger partial charge in [-0.2, -0.15) is 0 Å². The summed E-state index contributed by atoms with van der Waals surface area (Å²) >= 11 is 5.96. The van der Waals surface area contributed by atoms with E-state index in [9.17, 15) is 14.3 Å². The summed E-state index contributed by atoms with van der Waals surface area (Å²) in [7, 11) is 0. The maximum Gasteiger partial charge on any atom is 0.294 e. The van der Waals surface area contributed by atoms with E-state index in [2.05, 4.69) is 0 Å². The van der Waals surface area contributed by atoms with Gasteiger partial charge in [-0.1, -0.05) is 60.1 Å². The van der Waals surface area contributed by atoms with Gasteiger partial charge in [0.25, 0.3) is 5.91 Å². The third-order valence-corrected chi connectivity index (χ3v) is 4.85. The third kappa shape index (κ3) is 2.98. The molecule has 1 aliphatic rings. The average molecular weight is 380 g/mol. The first-order valence-electron chi connectivity index (χ1n) is 8.40. The van der Waals surface area contributed by atoms with Crippen LogP contribution in [0.25, 0.3) is 5.57 Å². The Bertz CT molecular complexity index is 1030. The molecule has 1 atom stereocenters. The van der Waals surface area contributed by atoms with Crippen LogP contribution in [0.2, 0.25) is 5.02 Å². The number of hydrogen-bond donors (Lipinski definition) is 1. The Hall–Kier alpha value is -3.11. The Morgan fingerprint density at radius 3 is 2.19 bits per heavy atom. The molecule has 27 heavy (non-hydrogen) atoms. The number of benzene rings is 3. The van der Waals surface area contributed by atoms with E-state index in [0.29, 0.717) is 27.4 Å². The van der Waals surface area contributed by atoms with E-state index in [-0.39, 0.29) is 5.76 Å². The smallest absolute Gasteiger partial charge is 0.294 e. The molecule has 1 unspecified atom stereocenters. The number of halogens is 2. The zero-order chi connectivity index (χ0) is 19.0. The Morgan fingerprint density at radius 2 is 1.52 bits per heavy atom. The van der Waals surface area contributed by atoms with Crippen LogP contribution in [0.15, 0.2) is 84.6 Å². The number of aliphatic hydroxyl groups excluding tert-OH is 1. The molecule has 0 spiro atoms. The summed E-state index contributed by atoms with van der Waals surface area (Å²) < 4.78 is 14.7. The van der Waals surface area contributed by atoms with Crippen molar-refractivity contribution in [2.24, 2.45) is 0 Å². The van der Waals surface area contributed by atoms with Gasteiger partial charge in [0.15, 0.2) is 5.76 Å². The molecule has 1 N–H and O–H groups in total. The number of carbonyl (C=O) groups is 1. The summed E-state index contributed by atoms with van der Waals surface area (Å²) in [5, 5.41) is 11.2. The van der Waals surface area contributed by atoms with Crippen molar-refractivity contribution in [1.82, 2.24) is 0 Å². The van der Waals surface area contributed by atoms with E-state index in [1.54, 1.807) is 54.6 Å². The summed E-state index contributed by atoms with van der Waals surface area (Å²) in [6.07, 6.45) is 0. The summed E-state index contributed by atoms with van der Waals surface area (Å²) in [4.78, 5) is 14.3. The molecule has 134 valence electrons. The first-order valence-corrected chi connectivity index (χ1v) is 8.78. The molecule has 0 aliphatic carbocycles. The zero-order valence-corrected chi connectivity index (χ0v) is 14.9. The molecule has 3 aromatic rings. The molecule has 1 amide bonds. The number of hydrogen-bond acceptors (Lipinski definition) is 2. The zero-order valence-electron chi connectivity index (χ0n) is 14.1. The molecule has 0 saturated heterocycles. The minimum absolute atomic E-state index is 0.309. The van der Waals surface area contributed by atoms with E-state index in [4.69, 9.17) is 11.6 Å². The maximum atomic E-state index is 14.7.